The van der Waals surface area contributed by atoms with Gasteiger partial charge in [0.05, 0.1) is 11.0 Å². The van der Waals surface area contributed by atoms with Gasteiger partial charge in [0.1, 0.15) is 5.82 Å². The summed E-state index contributed by atoms with van der Waals surface area (Å²) in [6.45, 7) is 11.0. The molecule has 0 saturated heterocycles. The van der Waals surface area contributed by atoms with Crippen molar-refractivity contribution in [2.45, 2.75) is 47.6 Å². The molecule has 3 rings (SSSR count). The summed E-state index contributed by atoms with van der Waals surface area (Å²) in [5.74, 6) is 0.634. The lowest BCUT2D eigenvalue weighted by Gasteiger charge is -2.17. The van der Waals surface area contributed by atoms with Crippen LogP contribution < -0.4 is 5.32 Å². The second-order valence-corrected chi connectivity index (χ2v) is 8.78. The van der Waals surface area contributed by atoms with Crippen molar-refractivity contribution in [3.63, 3.8) is 0 Å². The molecule has 3 aromatic rings. The van der Waals surface area contributed by atoms with Crippen LogP contribution in [-0.2, 0) is 11.3 Å². The van der Waals surface area contributed by atoms with Crippen LogP contribution in [0.25, 0.3) is 11.0 Å². The third-order valence-electron chi connectivity index (χ3n) is 4.49. The maximum Gasteiger partial charge on any atom is 0.226 e. The fourth-order valence-corrected chi connectivity index (χ4v) is 3.29. The molecule has 0 radical (unpaired) electrons. The van der Waals surface area contributed by atoms with Crippen LogP contribution in [0.4, 0.5) is 5.82 Å². The monoisotopic (exact) mass is 383 g/mol. The molecule has 142 valence electrons. The van der Waals surface area contributed by atoms with Crippen LogP contribution in [-0.4, -0.2) is 15.5 Å². The number of aryl methyl sites for hydroxylation is 2. The molecule has 27 heavy (non-hydrogen) atoms. The highest BCUT2D eigenvalue weighted by molar-refractivity contribution is 6.30. The number of anilines is 1. The van der Waals surface area contributed by atoms with Crippen molar-refractivity contribution < 1.29 is 4.79 Å². The number of benzene rings is 1. The molecular weight excluding hydrogens is 358 g/mol. The van der Waals surface area contributed by atoms with E-state index in [0.29, 0.717) is 12.2 Å². The van der Waals surface area contributed by atoms with Gasteiger partial charge in [0.15, 0.2) is 0 Å². The second-order valence-electron chi connectivity index (χ2n) is 8.34. The number of hydrogen-bond acceptors (Lipinski definition) is 2. The highest BCUT2D eigenvalue weighted by Crippen LogP contribution is 2.26. The average Bonchev–Trinajstić information content (AvgIpc) is 2.83. The fraction of sp³-hybridized carbons (Fsp3) is 0.364. The van der Waals surface area contributed by atoms with E-state index in [9.17, 15) is 4.79 Å². The molecule has 5 heteroatoms. The Hall–Kier alpha value is -2.33. The molecule has 0 fully saturated rings. The van der Waals surface area contributed by atoms with Crippen LogP contribution in [0.2, 0.25) is 5.02 Å². The van der Waals surface area contributed by atoms with Gasteiger partial charge >= 0.3 is 0 Å². The van der Waals surface area contributed by atoms with Gasteiger partial charge in [-0.2, -0.15) is 0 Å². The third kappa shape index (κ3) is 4.69. The Morgan fingerprint density at radius 2 is 1.81 bits per heavy atom. The summed E-state index contributed by atoms with van der Waals surface area (Å²) >= 11 is 5.99. The van der Waals surface area contributed by atoms with E-state index in [1.54, 1.807) is 0 Å². The van der Waals surface area contributed by atoms with E-state index in [2.05, 4.69) is 49.7 Å². The van der Waals surface area contributed by atoms with E-state index < -0.39 is 0 Å². The van der Waals surface area contributed by atoms with Gasteiger partial charge in [-0.15, -0.1) is 0 Å². The molecule has 2 aromatic heterocycles. The highest BCUT2D eigenvalue weighted by atomic mass is 35.5. The number of halogens is 1. The number of carbonyl (C=O) groups is 1. The minimum atomic E-state index is -0.0550. The molecule has 1 N–H and O–H groups in total. The fourth-order valence-electron chi connectivity index (χ4n) is 3.17. The van der Waals surface area contributed by atoms with Gasteiger partial charge in [-0.05, 0) is 54.7 Å². The van der Waals surface area contributed by atoms with Crippen molar-refractivity contribution >= 4 is 34.4 Å². The molecule has 2 heterocycles. The number of amides is 1. The average molecular weight is 384 g/mol. The van der Waals surface area contributed by atoms with Gasteiger partial charge in [-0.25, -0.2) is 4.98 Å². The molecule has 0 saturated carbocycles. The summed E-state index contributed by atoms with van der Waals surface area (Å²) in [4.78, 5) is 17.0. The topological polar surface area (TPSA) is 46.9 Å². The van der Waals surface area contributed by atoms with Crippen LogP contribution in [0.3, 0.4) is 0 Å². The summed E-state index contributed by atoms with van der Waals surface area (Å²) < 4.78 is 2.24. The lowest BCUT2D eigenvalue weighted by Crippen LogP contribution is -2.20. The van der Waals surface area contributed by atoms with Crippen molar-refractivity contribution in [1.82, 2.24) is 9.55 Å². The van der Waals surface area contributed by atoms with Gasteiger partial charge in [-0.1, -0.05) is 44.5 Å². The lowest BCUT2D eigenvalue weighted by atomic mass is 9.92. The van der Waals surface area contributed by atoms with Crippen LogP contribution in [0, 0.1) is 19.3 Å². The van der Waals surface area contributed by atoms with Crippen molar-refractivity contribution in [1.29, 1.82) is 0 Å². The smallest absolute Gasteiger partial charge is 0.226 e. The summed E-state index contributed by atoms with van der Waals surface area (Å²) in [6, 6.07) is 12.0. The van der Waals surface area contributed by atoms with Crippen LogP contribution in [0.1, 0.15) is 44.0 Å². The molecule has 0 bridgehead atoms. The number of aromatic nitrogens is 2. The van der Waals surface area contributed by atoms with E-state index in [1.165, 1.54) is 5.56 Å². The number of pyridine rings is 1. The summed E-state index contributed by atoms with van der Waals surface area (Å²) in [6.07, 6.45) is 0.461. The summed E-state index contributed by atoms with van der Waals surface area (Å²) in [5.41, 5.74) is 5.16. The van der Waals surface area contributed by atoms with E-state index in [4.69, 9.17) is 16.6 Å². The number of carbonyl (C=O) groups excluding carboxylic acids is 1. The third-order valence-corrected chi connectivity index (χ3v) is 4.74. The largest absolute Gasteiger partial charge is 0.339 e. The number of hydrogen-bond donors (Lipinski definition) is 1. The number of nitrogens with zero attached hydrogens (tertiary/aromatic N) is 2. The number of rotatable bonds is 4. The maximum atomic E-state index is 12.3. The van der Waals surface area contributed by atoms with Gasteiger partial charge in [0.2, 0.25) is 5.91 Å². The van der Waals surface area contributed by atoms with Gasteiger partial charge < -0.3 is 9.88 Å². The zero-order valence-electron chi connectivity index (χ0n) is 16.6. The first-order chi connectivity index (χ1) is 12.6. The van der Waals surface area contributed by atoms with Crippen molar-refractivity contribution in [3.8, 4) is 0 Å². The van der Waals surface area contributed by atoms with E-state index in [-0.39, 0.29) is 11.3 Å². The minimum Gasteiger partial charge on any atom is -0.339 e. The zero-order chi connectivity index (χ0) is 19.8. The Balaban J connectivity index is 1.90. The molecule has 0 aliphatic carbocycles. The van der Waals surface area contributed by atoms with Gasteiger partial charge in [0.25, 0.3) is 0 Å². The molecule has 1 aromatic carbocycles. The molecule has 1 amide bonds. The first-order valence-electron chi connectivity index (χ1n) is 9.14. The Morgan fingerprint density at radius 3 is 2.44 bits per heavy atom. The quantitative estimate of drug-likeness (QED) is 0.625. The standard InChI is InChI=1S/C22H26ClN3O/c1-14-10-19-18(24-21(14)25-20(27)12-22(3,4)5)11-15(2)26(19)13-16-6-8-17(23)9-7-16/h6-11H,12-13H2,1-5H3,(H,24,25,27). The van der Waals surface area contributed by atoms with Crippen molar-refractivity contribution in [3.05, 3.63) is 58.2 Å². The number of fused-ring (bicyclic) bond motifs is 1. The molecule has 0 atom stereocenters. The first-order valence-corrected chi connectivity index (χ1v) is 9.52. The highest BCUT2D eigenvalue weighted by Gasteiger charge is 2.18. The SMILES string of the molecule is Cc1cc2c(cc(C)n2Cc2ccc(Cl)cc2)nc1NC(=O)CC(C)(C)C. The predicted molar refractivity (Wildman–Crippen MR) is 112 cm³/mol. The normalized spacial score (nSPS) is 11.8. The zero-order valence-corrected chi connectivity index (χ0v) is 17.3. The Morgan fingerprint density at radius 1 is 1.15 bits per heavy atom. The first kappa shape index (κ1) is 19.4. The lowest BCUT2D eigenvalue weighted by molar-refractivity contribution is -0.117. The van der Waals surface area contributed by atoms with Crippen LogP contribution in [0.15, 0.2) is 36.4 Å². The molecular formula is C22H26ClN3O. The van der Waals surface area contributed by atoms with Crippen molar-refractivity contribution in [2.24, 2.45) is 5.41 Å². The van der Waals surface area contributed by atoms with E-state index >= 15 is 0 Å². The molecule has 4 nitrogen and oxygen atoms in total. The van der Waals surface area contributed by atoms with E-state index in [0.717, 1.165) is 33.9 Å². The Bertz CT molecular complexity index is 981. The maximum absolute atomic E-state index is 12.3. The Kier molecular flexibility index (Phi) is 5.29. The van der Waals surface area contributed by atoms with E-state index in [1.807, 2.05) is 31.2 Å². The second kappa shape index (κ2) is 7.35. The minimum absolute atomic E-state index is 0.00484. The molecule has 0 unspecified atom stereocenters. The number of nitrogens with one attached hydrogen (secondary N) is 1. The molecule has 0 aliphatic rings. The molecule has 0 aliphatic heterocycles. The Labute approximate surface area is 165 Å². The van der Waals surface area contributed by atoms with Crippen LogP contribution >= 0.6 is 11.6 Å². The van der Waals surface area contributed by atoms with Gasteiger partial charge in [-0.3, -0.25) is 4.79 Å². The molecule has 0 spiro atoms. The predicted octanol–water partition coefficient (Wildman–Crippen LogP) is 5.73. The van der Waals surface area contributed by atoms with Gasteiger partial charge in [0, 0.05) is 23.7 Å². The van der Waals surface area contributed by atoms with Crippen molar-refractivity contribution in [2.75, 3.05) is 5.32 Å². The van der Waals surface area contributed by atoms with Crippen LogP contribution in [0.5, 0.6) is 0 Å². The summed E-state index contributed by atoms with van der Waals surface area (Å²) in [5, 5.41) is 3.71. The summed E-state index contributed by atoms with van der Waals surface area (Å²) in [7, 11) is 0.